The summed E-state index contributed by atoms with van der Waals surface area (Å²) in [4.78, 5) is 0. The van der Waals surface area contributed by atoms with E-state index in [-0.39, 0.29) is 0 Å². The van der Waals surface area contributed by atoms with E-state index in [0.29, 0.717) is 5.88 Å². The lowest BCUT2D eigenvalue weighted by Crippen LogP contribution is -1.75. The SMILES string of the molecule is C=CC(/C=C\C(=C)CCl)=C/C. The van der Waals surface area contributed by atoms with Crippen molar-refractivity contribution in [2.75, 3.05) is 5.88 Å². The second kappa shape index (κ2) is 5.99. The Bertz CT molecular complexity index is 197. The molecule has 11 heavy (non-hydrogen) atoms. The number of rotatable bonds is 4. The third kappa shape index (κ3) is 4.63. The average Bonchev–Trinajstić information content (AvgIpc) is 2.06. The molecule has 0 atom stereocenters. The highest BCUT2D eigenvalue weighted by Gasteiger charge is 1.83. The maximum absolute atomic E-state index is 5.53. The van der Waals surface area contributed by atoms with E-state index in [2.05, 4.69) is 13.2 Å². The normalized spacial score (nSPS) is 12.0. The number of halogens is 1. The van der Waals surface area contributed by atoms with Crippen LogP contribution in [0.25, 0.3) is 0 Å². The first-order valence-electron chi connectivity index (χ1n) is 3.45. The molecule has 0 amide bonds. The Kier molecular flexibility index (Phi) is 5.58. The highest BCUT2D eigenvalue weighted by molar-refractivity contribution is 6.19. The standard InChI is InChI=1S/C10H13Cl/c1-4-10(5-2)7-6-9(3)8-11/h4-7H,1,3,8H2,2H3/b7-6-,10-5-. The molecule has 1 heteroatoms. The molecule has 0 nitrogen and oxygen atoms in total. The Morgan fingerprint density at radius 2 is 2.09 bits per heavy atom. The zero-order valence-corrected chi connectivity index (χ0v) is 7.56. The fraction of sp³-hybridized carbons (Fsp3) is 0.200. The first-order chi connectivity index (χ1) is 5.24. The fourth-order valence-electron chi connectivity index (χ4n) is 0.541. The van der Waals surface area contributed by atoms with Crippen molar-refractivity contribution in [2.24, 2.45) is 0 Å². The Labute approximate surface area is 73.6 Å². The minimum atomic E-state index is 0.477. The minimum Gasteiger partial charge on any atom is -0.122 e. The van der Waals surface area contributed by atoms with Gasteiger partial charge in [-0.15, -0.1) is 11.6 Å². The van der Waals surface area contributed by atoms with Gasteiger partial charge in [0.2, 0.25) is 0 Å². The lowest BCUT2D eigenvalue weighted by Gasteiger charge is -1.91. The lowest BCUT2D eigenvalue weighted by atomic mass is 10.2. The van der Waals surface area contributed by atoms with E-state index in [1.165, 1.54) is 0 Å². The van der Waals surface area contributed by atoms with Gasteiger partial charge in [0.05, 0.1) is 0 Å². The smallest absolute Gasteiger partial charge is 0.0468 e. The molecule has 0 radical (unpaired) electrons. The lowest BCUT2D eigenvalue weighted by molar-refractivity contribution is 1.53. The summed E-state index contributed by atoms with van der Waals surface area (Å²) in [6.07, 6.45) is 7.60. The number of alkyl halides is 1. The number of allylic oxidation sites excluding steroid dienone is 6. The van der Waals surface area contributed by atoms with Crippen LogP contribution in [0.3, 0.4) is 0 Å². The maximum atomic E-state index is 5.53. The van der Waals surface area contributed by atoms with E-state index >= 15 is 0 Å². The molecule has 0 heterocycles. The monoisotopic (exact) mass is 168 g/mol. The van der Waals surface area contributed by atoms with E-state index in [4.69, 9.17) is 11.6 Å². The topological polar surface area (TPSA) is 0 Å². The van der Waals surface area contributed by atoms with Crippen LogP contribution in [0.15, 0.2) is 48.6 Å². The van der Waals surface area contributed by atoms with E-state index in [9.17, 15) is 0 Å². The van der Waals surface area contributed by atoms with Crippen molar-refractivity contribution >= 4 is 11.6 Å². The van der Waals surface area contributed by atoms with Crippen LogP contribution >= 0.6 is 11.6 Å². The Morgan fingerprint density at radius 3 is 2.45 bits per heavy atom. The van der Waals surface area contributed by atoms with Crippen molar-refractivity contribution in [3.63, 3.8) is 0 Å². The summed E-state index contributed by atoms with van der Waals surface area (Å²) in [6, 6.07) is 0. The second-order valence-corrected chi connectivity index (χ2v) is 2.39. The van der Waals surface area contributed by atoms with Gasteiger partial charge in [0, 0.05) is 5.88 Å². The molecule has 0 spiro atoms. The van der Waals surface area contributed by atoms with Crippen LogP contribution in [0.4, 0.5) is 0 Å². The summed E-state index contributed by atoms with van der Waals surface area (Å²) in [5.74, 6) is 0.477. The maximum Gasteiger partial charge on any atom is 0.0468 e. The molecular formula is C10H13Cl. The van der Waals surface area contributed by atoms with E-state index in [0.717, 1.165) is 11.1 Å². The highest BCUT2D eigenvalue weighted by atomic mass is 35.5. The third-order valence-corrected chi connectivity index (χ3v) is 1.60. The van der Waals surface area contributed by atoms with Crippen molar-refractivity contribution in [1.82, 2.24) is 0 Å². The summed E-state index contributed by atoms with van der Waals surface area (Å²) in [6.45, 7) is 9.35. The Hall–Kier alpha value is -0.750. The molecule has 0 saturated carbocycles. The Morgan fingerprint density at radius 1 is 1.45 bits per heavy atom. The molecule has 0 aliphatic heterocycles. The Balaban J connectivity index is 4.11. The van der Waals surface area contributed by atoms with Gasteiger partial charge in [0.15, 0.2) is 0 Å². The summed E-state index contributed by atoms with van der Waals surface area (Å²) in [5.41, 5.74) is 1.99. The van der Waals surface area contributed by atoms with Gasteiger partial charge in [0.1, 0.15) is 0 Å². The van der Waals surface area contributed by atoms with Gasteiger partial charge in [-0.25, -0.2) is 0 Å². The van der Waals surface area contributed by atoms with Crippen molar-refractivity contribution in [3.8, 4) is 0 Å². The first-order valence-corrected chi connectivity index (χ1v) is 3.98. The largest absolute Gasteiger partial charge is 0.122 e. The summed E-state index contributed by atoms with van der Waals surface area (Å²) in [5, 5.41) is 0. The van der Waals surface area contributed by atoms with E-state index < -0.39 is 0 Å². The molecule has 0 bridgehead atoms. The van der Waals surface area contributed by atoms with Crippen LogP contribution < -0.4 is 0 Å². The van der Waals surface area contributed by atoms with Crippen LogP contribution in [-0.2, 0) is 0 Å². The van der Waals surface area contributed by atoms with Gasteiger partial charge in [-0.2, -0.15) is 0 Å². The summed E-state index contributed by atoms with van der Waals surface area (Å²) < 4.78 is 0. The predicted molar refractivity (Wildman–Crippen MR) is 53.0 cm³/mol. The molecule has 0 saturated heterocycles. The van der Waals surface area contributed by atoms with Crippen LogP contribution in [0.2, 0.25) is 0 Å². The molecule has 0 aliphatic carbocycles. The third-order valence-electron chi connectivity index (χ3n) is 1.25. The van der Waals surface area contributed by atoms with Crippen LogP contribution in [-0.4, -0.2) is 5.88 Å². The molecule has 0 aliphatic rings. The van der Waals surface area contributed by atoms with Gasteiger partial charge in [0.25, 0.3) is 0 Å². The zero-order chi connectivity index (χ0) is 8.69. The van der Waals surface area contributed by atoms with Crippen LogP contribution in [0, 0.1) is 0 Å². The zero-order valence-electron chi connectivity index (χ0n) is 6.81. The highest BCUT2D eigenvalue weighted by Crippen LogP contribution is 2.02. The van der Waals surface area contributed by atoms with Gasteiger partial charge < -0.3 is 0 Å². The summed E-state index contributed by atoms with van der Waals surface area (Å²) in [7, 11) is 0. The molecule has 0 N–H and O–H groups in total. The van der Waals surface area contributed by atoms with Crippen molar-refractivity contribution in [2.45, 2.75) is 6.92 Å². The van der Waals surface area contributed by atoms with E-state index in [1.807, 2.05) is 25.2 Å². The first kappa shape index (κ1) is 10.2. The van der Waals surface area contributed by atoms with Crippen LogP contribution in [0.5, 0.6) is 0 Å². The quantitative estimate of drug-likeness (QED) is 0.446. The minimum absolute atomic E-state index is 0.477. The van der Waals surface area contributed by atoms with Gasteiger partial charge in [-0.05, 0) is 18.1 Å². The predicted octanol–water partition coefficient (Wildman–Crippen LogP) is 3.47. The fourth-order valence-corrected chi connectivity index (χ4v) is 0.630. The van der Waals surface area contributed by atoms with Gasteiger partial charge >= 0.3 is 0 Å². The van der Waals surface area contributed by atoms with Gasteiger partial charge in [-0.3, -0.25) is 0 Å². The molecule has 0 aromatic heterocycles. The molecule has 60 valence electrons. The molecule has 0 fully saturated rings. The van der Waals surface area contributed by atoms with Gasteiger partial charge in [-0.1, -0.05) is 37.5 Å². The second-order valence-electron chi connectivity index (χ2n) is 2.12. The number of hydrogen-bond acceptors (Lipinski definition) is 0. The molecule has 0 aromatic rings. The van der Waals surface area contributed by atoms with E-state index in [1.54, 1.807) is 6.08 Å². The molecule has 0 rings (SSSR count). The average molecular weight is 169 g/mol. The molecular weight excluding hydrogens is 156 g/mol. The van der Waals surface area contributed by atoms with Crippen molar-refractivity contribution in [3.05, 3.63) is 48.6 Å². The van der Waals surface area contributed by atoms with Crippen molar-refractivity contribution in [1.29, 1.82) is 0 Å². The number of hydrogen-bond donors (Lipinski definition) is 0. The van der Waals surface area contributed by atoms with Crippen molar-refractivity contribution < 1.29 is 0 Å². The summed E-state index contributed by atoms with van der Waals surface area (Å²) >= 11 is 5.53. The molecule has 0 aromatic carbocycles. The molecule has 0 unspecified atom stereocenters. The van der Waals surface area contributed by atoms with Crippen LogP contribution in [0.1, 0.15) is 6.92 Å².